The van der Waals surface area contributed by atoms with Gasteiger partial charge in [0.15, 0.2) is 0 Å². The summed E-state index contributed by atoms with van der Waals surface area (Å²) in [6, 6.07) is 0. The molecule has 0 unspecified atom stereocenters. The molecule has 0 aliphatic heterocycles. The fourth-order valence-corrected chi connectivity index (χ4v) is 0.548. The molecule has 0 aliphatic carbocycles. The SMILES string of the molecule is CN(C)CC[O-].CN(C)CC[O-].CN(C)CC[O-].[Dy+3]. The van der Waals surface area contributed by atoms with Gasteiger partial charge in [-0.1, -0.05) is 0 Å². The van der Waals surface area contributed by atoms with Crippen molar-refractivity contribution in [3.63, 3.8) is 0 Å². The normalized spacial score (nSPS) is 9.47. The quantitative estimate of drug-likeness (QED) is 0.443. The molecule has 0 N–H and O–H groups in total. The molecule has 0 aromatic heterocycles. The second-order valence-corrected chi connectivity index (χ2v) is 4.52. The van der Waals surface area contributed by atoms with Crippen LogP contribution >= 0.6 is 0 Å². The van der Waals surface area contributed by atoms with Gasteiger partial charge in [0.05, 0.1) is 0 Å². The second kappa shape index (κ2) is 24.1. The van der Waals surface area contributed by atoms with E-state index < -0.39 is 0 Å². The average molecular weight is 427 g/mol. The summed E-state index contributed by atoms with van der Waals surface area (Å²) in [6.07, 6.45) is 0. The fourth-order valence-electron chi connectivity index (χ4n) is 0.548. The molecule has 0 aliphatic rings. The van der Waals surface area contributed by atoms with Gasteiger partial charge in [-0.3, -0.25) is 0 Å². The molecule has 0 amide bonds. The Kier molecular flexibility index (Phi) is 35.8. The van der Waals surface area contributed by atoms with Crippen LogP contribution in [0, 0.1) is 38.2 Å². The molecule has 0 spiro atoms. The van der Waals surface area contributed by atoms with Gasteiger partial charge >= 0.3 is 38.2 Å². The Hall–Kier alpha value is 1.03. The minimum atomic E-state index is 0. The predicted octanol–water partition coefficient (Wildman–Crippen LogP) is -3.28. The maximum atomic E-state index is 9.70. The van der Waals surface area contributed by atoms with E-state index in [9.17, 15) is 15.3 Å². The summed E-state index contributed by atoms with van der Waals surface area (Å²) in [5.41, 5.74) is 0. The van der Waals surface area contributed by atoms with Crippen LogP contribution in [0.15, 0.2) is 0 Å². The molecule has 0 saturated carbocycles. The Morgan fingerprint density at radius 3 is 0.684 bits per heavy atom. The number of hydrogen-bond acceptors (Lipinski definition) is 6. The van der Waals surface area contributed by atoms with Crippen LogP contribution in [0.25, 0.3) is 0 Å². The van der Waals surface area contributed by atoms with Crippen molar-refractivity contribution in [1.29, 1.82) is 0 Å². The Balaban J connectivity index is -0.0000000865. The van der Waals surface area contributed by atoms with Gasteiger partial charge in [-0.05, 0) is 61.9 Å². The Morgan fingerprint density at radius 2 is 0.684 bits per heavy atom. The molecule has 7 heteroatoms. The Labute approximate surface area is 149 Å². The molecule has 121 valence electrons. The molecule has 0 atom stereocenters. The molecular formula is C12H30DyN3O3. The van der Waals surface area contributed by atoms with E-state index in [1.54, 1.807) is 0 Å². The molecule has 0 saturated heterocycles. The molecule has 19 heavy (non-hydrogen) atoms. The minimum Gasteiger partial charge on any atom is -0.854 e. The molecule has 6 nitrogen and oxygen atoms in total. The average Bonchev–Trinajstić information content (AvgIpc) is 2.18. The standard InChI is InChI=1S/3C4H10NO.Dy/c3*1-5(2)3-4-6;/h3*3-4H2,1-2H3;/q3*-1;+3. The first-order chi connectivity index (χ1) is 8.31. The van der Waals surface area contributed by atoms with E-state index in [2.05, 4.69) is 0 Å². The van der Waals surface area contributed by atoms with Gasteiger partial charge in [0.2, 0.25) is 0 Å². The van der Waals surface area contributed by atoms with E-state index in [-0.39, 0.29) is 58.0 Å². The number of rotatable bonds is 6. The summed E-state index contributed by atoms with van der Waals surface area (Å²) in [5.74, 6) is 0. The smallest absolute Gasteiger partial charge is 0.854 e. The molecule has 1 radical (unpaired) electrons. The Bertz CT molecular complexity index is 116. The van der Waals surface area contributed by atoms with Gasteiger partial charge in [0.1, 0.15) is 0 Å². The van der Waals surface area contributed by atoms with Gasteiger partial charge in [-0.2, -0.15) is 0 Å². The maximum absolute atomic E-state index is 9.70. The summed E-state index contributed by atoms with van der Waals surface area (Å²) >= 11 is 0. The van der Waals surface area contributed by atoms with Crippen LogP contribution in [-0.2, 0) is 0 Å². The van der Waals surface area contributed by atoms with Gasteiger partial charge in [-0.25, -0.2) is 0 Å². The van der Waals surface area contributed by atoms with Crippen LogP contribution < -0.4 is 15.3 Å². The van der Waals surface area contributed by atoms with Crippen LogP contribution in [0.1, 0.15) is 0 Å². The summed E-state index contributed by atoms with van der Waals surface area (Å²) < 4.78 is 0. The third kappa shape index (κ3) is 54.9. The van der Waals surface area contributed by atoms with Crippen molar-refractivity contribution in [2.45, 2.75) is 0 Å². The van der Waals surface area contributed by atoms with Crippen LogP contribution in [0.5, 0.6) is 0 Å². The minimum absolute atomic E-state index is 0. The molecule has 0 aromatic rings. The summed E-state index contributed by atoms with van der Waals surface area (Å²) in [7, 11) is 11.3. The first-order valence-electron chi connectivity index (χ1n) is 6.00. The van der Waals surface area contributed by atoms with Crippen LogP contribution in [0.3, 0.4) is 0 Å². The van der Waals surface area contributed by atoms with Crippen molar-refractivity contribution in [2.24, 2.45) is 0 Å². The van der Waals surface area contributed by atoms with E-state index >= 15 is 0 Å². The number of hydrogen-bond donors (Lipinski definition) is 0. The molecule has 0 heterocycles. The molecule has 0 bridgehead atoms. The maximum Gasteiger partial charge on any atom is 3.00 e. The monoisotopic (exact) mass is 428 g/mol. The summed E-state index contributed by atoms with van der Waals surface area (Å²) in [5, 5.41) is 29.1. The van der Waals surface area contributed by atoms with Gasteiger partial charge in [0, 0.05) is 0 Å². The fraction of sp³-hybridized carbons (Fsp3) is 1.00. The van der Waals surface area contributed by atoms with Crippen molar-refractivity contribution in [3.05, 3.63) is 0 Å². The van der Waals surface area contributed by atoms with Crippen molar-refractivity contribution in [2.75, 3.05) is 81.7 Å². The van der Waals surface area contributed by atoms with E-state index in [1.807, 2.05) is 57.0 Å². The number of nitrogens with zero attached hydrogens (tertiary/aromatic N) is 3. The molecule has 0 fully saturated rings. The van der Waals surface area contributed by atoms with Gasteiger partial charge in [0.25, 0.3) is 0 Å². The first kappa shape index (κ1) is 28.2. The summed E-state index contributed by atoms with van der Waals surface area (Å²) in [4.78, 5) is 5.60. The third-order valence-corrected chi connectivity index (χ3v) is 1.62. The zero-order valence-electron chi connectivity index (χ0n) is 13.1. The summed E-state index contributed by atoms with van der Waals surface area (Å²) in [6.45, 7) is 1.98. The van der Waals surface area contributed by atoms with Gasteiger partial charge in [-0.15, -0.1) is 19.8 Å². The van der Waals surface area contributed by atoms with E-state index in [1.165, 1.54) is 0 Å². The van der Waals surface area contributed by atoms with Crippen molar-refractivity contribution in [3.8, 4) is 0 Å². The number of likely N-dealkylation sites (N-methyl/N-ethyl adjacent to an activating group) is 3. The van der Waals surface area contributed by atoms with Crippen LogP contribution in [0.2, 0.25) is 0 Å². The molecular weight excluding hydrogens is 397 g/mol. The second-order valence-electron chi connectivity index (χ2n) is 4.52. The van der Waals surface area contributed by atoms with Crippen molar-refractivity contribution < 1.29 is 53.5 Å². The van der Waals surface area contributed by atoms with Gasteiger partial charge < -0.3 is 30.0 Å². The van der Waals surface area contributed by atoms with Crippen molar-refractivity contribution in [1.82, 2.24) is 14.7 Å². The van der Waals surface area contributed by atoms with Crippen LogP contribution in [0.4, 0.5) is 0 Å². The first-order valence-corrected chi connectivity index (χ1v) is 6.00. The Morgan fingerprint density at radius 1 is 0.526 bits per heavy atom. The molecule has 0 rings (SSSR count). The zero-order chi connectivity index (χ0) is 15.0. The van der Waals surface area contributed by atoms with E-state index in [4.69, 9.17) is 0 Å². The third-order valence-electron chi connectivity index (χ3n) is 1.62. The predicted molar refractivity (Wildman–Crippen MR) is 70.3 cm³/mol. The topological polar surface area (TPSA) is 78.9 Å². The van der Waals surface area contributed by atoms with E-state index in [0.717, 1.165) is 0 Å². The molecule has 0 aromatic carbocycles. The largest absolute Gasteiger partial charge is 3.00 e. The zero-order valence-corrected chi connectivity index (χ0v) is 15.2. The van der Waals surface area contributed by atoms with E-state index in [0.29, 0.717) is 19.6 Å². The van der Waals surface area contributed by atoms with Crippen molar-refractivity contribution >= 4 is 0 Å². The van der Waals surface area contributed by atoms with Crippen LogP contribution in [-0.4, -0.2) is 96.4 Å².